The molecule has 0 unspecified atom stereocenters. The number of aliphatic carboxylic acids is 1. The summed E-state index contributed by atoms with van der Waals surface area (Å²) < 4.78 is 0. The number of hydrogen-bond donors (Lipinski definition) is 2. The van der Waals surface area contributed by atoms with Gasteiger partial charge in [0.25, 0.3) is 0 Å². The Morgan fingerprint density at radius 2 is 1.09 bits per heavy atom. The highest BCUT2D eigenvalue weighted by molar-refractivity contribution is 5.83. The van der Waals surface area contributed by atoms with Crippen molar-refractivity contribution >= 4 is 11.9 Å². The van der Waals surface area contributed by atoms with Gasteiger partial charge >= 0.3 is 5.97 Å². The fourth-order valence-electron chi connectivity index (χ4n) is 4.50. The standard InChI is InChI=1S/C30H51NO3/c1-2-3-4-5-6-7-8-9-10-11-12-13-14-15-16-17-18-22-25-29(32)31-28(30(33)34)26-27-23-20-19-21-24-27/h19-21,23-24,28H,2-18,22,25-26H2,1H3,(H,31,32)(H,33,34)/t28-/m0/s1. The van der Waals surface area contributed by atoms with Gasteiger partial charge in [-0.25, -0.2) is 4.79 Å². The Bertz CT molecular complexity index is 617. The number of unbranched alkanes of at least 4 members (excludes halogenated alkanes) is 17. The van der Waals surface area contributed by atoms with E-state index in [1.807, 2.05) is 30.3 Å². The average molecular weight is 474 g/mol. The van der Waals surface area contributed by atoms with Crippen molar-refractivity contribution in [2.24, 2.45) is 0 Å². The Kier molecular flexibility index (Phi) is 19.2. The number of benzene rings is 1. The largest absolute Gasteiger partial charge is 0.480 e. The van der Waals surface area contributed by atoms with E-state index in [2.05, 4.69) is 12.2 Å². The van der Waals surface area contributed by atoms with E-state index in [-0.39, 0.29) is 5.91 Å². The highest BCUT2D eigenvalue weighted by Gasteiger charge is 2.19. The van der Waals surface area contributed by atoms with Crippen LogP contribution in [0.2, 0.25) is 0 Å². The Balaban J connectivity index is 1.88. The molecule has 2 N–H and O–H groups in total. The van der Waals surface area contributed by atoms with Gasteiger partial charge in [0.05, 0.1) is 0 Å². The zero-order valence-corrected chi connectivity index (χ0v) is 21.9. The molecule has 194 valence electrons. The van der Waals surface area contributed by atoms with Crippen LogP contribution in [0.15, 0.2) is 30.3 Å². The van der Waals surface area contributed by atoms with Crippen LogP contribution in [0.5, 0.6) is 0 Å². The fourth-order valence-corrected chi connectivity index (χ4v) is 4.50. The van der Waals surface area contributed by atoms with Gasteiger partial charge in [0.15, 0.2) is 0 Å². The summed E-state index contributed by atoms with van der Waals surface area (Å²) >= 11 is 0. The zero-order valence-electron chi connectivity index (χ0n) is 21.9. The van der Waals surface area contributed by atoms with Crippen molar-refractivity contribution in [3.05, 3.63) is 35.9 Å². The molecule has 0 aliphatic rings. The molecule has 34 heavy (non-hydrogen) atoms. The number of hydrogen-bond acceptors (Lipinski definition) is 2. The minimum absolute atomic E-state index is 0.153. The molecule has 0 radical (unpaired) electrons. The lowest BCUT2D eigenvalue weighted by molar-refractivity contribution is -0.141. The van der Waals surface area contributed by atoms with Crippen LogP contribution in [0.4, 0.5) is 0 Å². The Morgan fingerprint density at radius 1 is 0.676 bits per heavy atom. The smallest absolute Gasteiger partial charge is 0.326 e. The van der Waals surface area contributed by atoms with Gasteiger partial charge in [-0.1, -0.05) is 146 Å². The maximum atomic E-state index is 12.1. The van der Waals surface area contributed by atoms with Crippen LogP contribution < -0.4 is 5.32 Å². The topological polar surface area (TPSA) is 66.4 Å². The van der Waals surface area contributed by atoms with Crippen molar-refractivity contribution in [2.45, 2.75) is 141 Å². The van der Waals surface area contributed by atoms with Crippen LogP contribution in [-0.2, 0) is 16.0 Å². The first-order valence-corrected chi connectivity index (χ1v) is 14.2. The molecule has 4 heteroatoms. The highest BCUT2D eigenvalue weighted by atomic mass is 16.4. The summed E-state index contributed by atoms with van der Waals surface area (Å²) in [6, 6.07) is 8.59. The molecule has 1 aromatic carbocycles. The number of rotatable bonds is 23. The SMILES string of the molecule is CCCCCCCCCCCCCCCCCCCCC(=O)N[C@@H](Cc1ccccc1)C(=O)O. The monoisotopic (exact) mass is 473 g/mol. The van der Waals surface area contributed by atoms with Crippen LogP contribution >= 0.6 is 0 Å². The van der Waals surface area contributed by atoms with Gasteiger partial charge in [-0.15, -0.1) is 0 Å². The molecule has 0 fully saturated rings. The fraction of sp³-hybridized carbons (Fsp3) is 0.733. The predicted octanol–water partition coefficient (Wildman–Crippen LogP) is 8.23. The molecule has 0 bridgehead atoms. The number of amides is 1. The molecule has 0 saturated carbocycles. The second-order valence-corrected chi connectivity index (χ2v) is 9.91. The molecular weight excluding hydrogens is 422 g/mol. The second-order valence-electron chi connectivity index (χ2n) is 9.91. The quantitative estimate of drug-likeness (QED) is 0.157. The van der Waals surface area contributed by atoms with Crippen LogP contribution in [0.1, 0.15) is 134 Å². The van der Waals surface area contributed by atoms with E-state index in [9.17, 15) is 14.7 Å². The maximum Gasteiger partial charge on any atom is 0.326 e. The molecule has 1 amide bonds. The summed E-state index contributed by atoms with van der Waals surface area (Å²) in [4.78, 5) is 23.6. The van der Waals surface area contributed by atoms with Crippen LogP contribution in [0, 0.1) is 0 Å². The molecule has 0 aromatic heterocycles. The number of carbonyl (C=O) groups excluding carboxylic acids is 1. The van der Waals surface area contributed by atoms with Crippen LogP contribution in [0.25, 0.3) is 0 Å². The van der Waals surface area contributed by atoms with Crippen molar-refractivity contribution in [2.75, 3.05) is 0 Å². The third kappa shape index (κ3) is 17.6. The van der Waals surface area contributed by atoms with Crippen LogP contribution in [-0.4, -0.2) is 23.0 Å². The van der Waals surface area contributed by atoms with Crippen molar-refractivity contribution in [3.8, 4) is 0 Å². The lowest BCUT2D eigenvalue weighted by atomic mass is 10.0. The van der Waals surface area contributed by atoms with E-state index in [4.69, 9.17) is 0 Å². The van der Waals surface area contributed by atoms with E-state index < -0.39 is 12.0 Å². The third-order valence-electron chi connectivity index (χ3n) is 6.67. The summed E-state index contributed by atoms with van der Waals surface area (Å²) in [5.41, 5.74) is 0.920. The molecule has 0 saturated heterocycles. The highest BCUT2D eigenvalue weighted by Crippen LogP contribution is 2.14. The van der Waals surface area contributed by atoms with E-state index >= 15 is 0 Å². The summed E-state index contributed by atoms with van der Waals surface area (Å²) in [6.45, 7) is 2.28. The van der Waals surface area contributed by atoms with E-state index in [1.54, 1.807) is 0 Å². The number of carbonyl (C=O) groups is 2. The van der Waals surface area contributed by atoms with Gasteiger partial charge in [-0.2, -0.15) is 0 Å². The molecule has 1 rings (SSSR count). The molecule has 0 aliphatic carbocycles. The number of carboxylic acid groups (broad SMARTS) is 1. The Hall–Kier alpha value is -1.84. The lowest BCUT2D eigenvalue weighted by Crippen LogP contribution is -2.42. The summed E-state index contributed by atoms with van der Waals surface area (Å²) in [5, 5.41) is 12.1. The van der Waals surface area contributed by atoms with Gasteiger partial charge in [0.1, 0.15) is 6.04 Å². The van der Waals surface area contributed by atoms with Gasteiger partial charge in [-0.05, 0) is 12.0 Å². The summed E-state index contributed by atoms with van der Waals surface area (Å²) in [6.07, 6.45) is 24.5. The molecule has 0 heterocycles. The first-order chi connectivity index (χ1) is 16.6. The molecule has 1 atom stereocenters. The summed E-state index contributed by atoms with van der Waals surface area (Å²) in [7, 11) is 0. The first kappa shape index (κ1) is 30.2. The molecular formula is C30H51NO3. The normalized spacial score (nSPS) is 11.9. The molecule has 0 aliphatic heterocycles. The lowest BCUT2D eigenvalue weighted by Gasteiger charge is -2.14. The first-order valence-electron chi connectivity index (χ1n) is 14.2. The zero-order chi connectivity index (χ0) is 24.7. The van der Waals surface area contributed by atoms with E-state index in [0.29, 0.717) is 12.8 Å². The van der Waals surface area contributed by atoms with E-state index in [1.165, 1.54) is 96.3 Å². The maximum absolute atomic E-state index is 12.1. The Morgan fingerprint density at radius 3 is 1.50 bits per heavy atom. The molecule has 0 spiro atoms. The number of carboxylic acids is 1. The Labute approximate surface area is 209 Å². The average Bonchev–Trinajstić information content (AvgIpc) is 2.83. The van der Waals surface area contributed by atoms with Crippen molar-refractivity contribution in [3.63, 3.8) is 0 Å². The van der Waals surface area contributed by atoms with Crippen molar-refractivity contribution < 1.29 is 14.7 Å². The third-order valence-corrected chi connectivity index (χ3v) is 6.67. The second kappa shape index (κ2) is 21.7. The van der Waals surface area contributed by atoms with Crippen molar-refractivity contribution in [1.29, 1.82) is 0 Å². The summed E-state index contributed by atoms with van der Waals surface area (Å²) in [5.74, 6) is -1.13. The van der Waals surface area contributed by atoms with Gasteiger partial charge in [0.2, 0.25) is 5.91 Å². The minimum atomic E-state index is -0.977. The van der Waals surface area contributed by atoms with Crippen molar-refractivity contribution in [1.82, 2.24) is 5.32 Å². The van der Waals surface area contributed by atoms with E-state index in [0.717, 1.165) is 24.8 Å². The number of nitrogens with one attached hydrogen (secondary N) is 1. The van der Waals surface area contributed by atoms with Crippen LogP contribution in [0.3, 0.4) is 0 Å². The van der Waals surface area contributed by atoms with Gasteiger partial charge in [0, 0.05) is 12.8 Å². The van der Waals surface area contributed by atoms with Gasteiger partial charge in [-0.3, -0.25) is 4.79 Å². The minimum Gasteiger partial charge on any atom is -0.480 e. The molecule has 1 aromatic rings. The van der Waals surface area contributed by atoms with Gasteiger partial charge < -0.3 is 10.4 Å². The predicted molar refractivity (Wildman–Crippen MR) is 143 cm³/mol. The molecule has 4 nitrogen and oxygen atoms in total.